The first-order chi connectivity index (χ1) is 10.1. The number of rotatable bonds is 6. The summed E-state index contributed by atoms with van der Waals surface area (Å²) in [7, 11) is 0. The van der Waals surface area contributed by atoms with Gasteiger partial charge in [0.25, 0.3) is 5.69 Å². The van der Waals surface area contributed by atoms with Gasteiger partial charge in [0, 0.05) is 23.9 Å². The molecule has 1 aromatic rings. The fourth-order valence-electron chi connectivity index (χ4n) is 3.21. The average Bonchev–Trinajstić information content (AvgIpc) is 2.46. The minimum absolute atomic E-state index is 0.203. The summed E-state index contributed by atoms with van der Waals surface area (Å²) in [6.45, 7) is 5.10. The van der Waals surface area contributed by atoms with Crippen LogP contribution in [0.25, 0.3) is 0 Å². The van der Waals surface area contributed by atoms with E-state index in [1.165, 1.54) is 38.5 Å². The van der Waals surface area contributed by atoms with Gasteiger partial charge < -0.3 is 5.32 Å². The molecule has 0 atom stereocenters. The summed E-state index contributed by atoms with van der Waals surface area (Å²) in [5.41, 5.74) is 2.30. The highest BCUT2D eigenvalue weighted by Crippen LogP contribution is 2.26. The summed E-state index contributed by atoms with van der Waals surface area (Å²) in [5.74, 6) is 0.854. The van der Waals surface area contributed by atoms with Gasteiger partial charge in [0.05, 0.1) is 10.6 Å². The molecule has 2 rings (SSSR count). The van der Waals surface area contributed by atoms with Gasteiger partial charge >= 0.3 is 0 Å². The van der Waals surface area contributed by atoms with E-state index in [0.29, 0.717) is 17.7 Å². The van der Waals surface area contributed by atoms with E-state index in [0.717, 1.165) is 18.2 Å². The predicted molar refractivity (Wildman–Crippen MR) is 83.3 cm³/mol. The Labute approximate surface area is 126 Å². The number of pyridine rings is 1. The Morgan fingerprint density at radius 3 is 2.71 bits per heavy atom. The Balaban J connectivity index is 1.85. The van der Waals surface area contributed by atoms with Crippen molar-refractivity contribution in [3.8, 4) is 0 Å². The number of aromatic nitrogens is 1. The van der Waals surface area contributed by atoms with Crippen LogP contribution in [0.1, 0.15) is 55.3 Å². The molecule has 0 spiro atoms. The van der Waals surface area contributed by atoms with Crippen molar-refractivity contribution in [3.05, 3.63) is 33.1 Å². The van der Waals surface area contributed by atoms with Gasteiger partial charge in [-0.3, -0.25) is 15.1 Å². The minimum Gasteiger partial charge on any atom is -0.311 e. The smallest absolute Gasteiger partial charge is 0.278 e. The van der Waals surface area contributed by atoms with Crippen LogP contribution in [-0.2, 0) is 6.54 Å². The zero-order chi connectivity index (χ0) is 15.2. The van der Waals surface area contributed by atoms with Crippen LogP contribution < -0.4 is 5.32 Å². The topological polar surface area (TPSA) is 68.1 Å². The van der Waals surface area contributed by atoms with Crippen LogP contribution in [0.3, 0.4) is 0 Å². The van der Waals surface area contributed by atoms with E-state index in [2.05, 4.69) is 10.3 Å². The Kier molecular flexibility index (Phi) is 5.67. The number of aryl methyl sites for hydroxylation is 1. The molecule has 1 N–H and O–H groups in total. The third-order valence-electron chi connectivity index (χ3n) is 4.50. The molecule has 0 radical (unpaired) electrons. The molecule has 0 saturated heterocycles. The van der Waals surface area contributed by atoms with Crippen molar-refractivity contribution in [2.75, 3.05) is 6.54 Å². The standard InChI is InChI=1S/C16H25N3O2/c1-12-10-18-15(13(2)16(12)19(20)21)11-17-9-8-14-6-4-3-5-7-14/h10,14,17H,3-9,11H2,1-2H3. The largest absolute Gasteiger partial charge is 0.311 e. The Hall–Kier alpha value is -1.49. The fraction of sp³-hybridized carbons (Fsp3) is 0.688. The molecule has 1 fully saturated rings. The highest BCUT2D eigenvalue weighted by molar-refractivity contribution is 5.47. The lowest BCUT2D eigenvalue weighted by atomic mass is 9.87. The summed E-state index contributed by atoms with van der Waals surface area (Å²) in [6.07, 6.45) is 9.64. The normalized spacial score (nSPS) is 16.1. The summed E-state index contributed by atoms with van der Waals surface area (Å²) < 4.78 is 0. The molecular weight excluding hydrogens is 266 g/mol. The van der Waals surface area contributed by atoms with Crippen LogP contribution in [0, 0.1) is 29.9 Å². The van der Waals surface area contributed by atoms with E-state index in [-0.39, 0.29) is 10.6 Å². The molecule has 5 nitrogen and oxygen atoms in total. The molecule has 0 aliphatic heterocycles. The summed E-state index contributed by atoms with van der Waals surface area (Å²) in [5, 5.41) is 14.5. The monoisotopic (exact) mass is 291 g/mol. The zero-order valence-corrected chi connectivity index (χ0v) is 13.0. The summed E-state index contributed by atoms with van der Waals surface area (Å²) >= 11 is 0. The van der Waals surface area contributed by atoms with Gasteiger partial charge in [0.2, 0.25) is 0 Å². The Morgan fingerprint density at radius 2 is 2.05 bits per heavy atom. The Bertz CT molecular complexity index is 497. The van der Waals surface area contributed by atoms with Gasteiger partial charge in [-0.25, -0.2) is 0 Å². The van der Waals surface area contributed by atoms with Crippen LogP contribution in [-0.4, -0.2) is 16.5 Å². The van der Waals surface area contributed by atoms with Gasteiger partial charge in [0.1, 0.15) is 0 Å². The van der Waals surface area contributed by atoms with Crippen LogP contribution in [0.4, 0.5) is 5.69 Å². The van der Waals surface area contributed by atoms with Crippen LogP contribution >= 0.6 is 0 Å². The molecular formula is C16H25N3O2. The van der Waals surface area contributed by atoms with Gasteiger partial charge in [0.15, 0.2) is 0 Å². The maximum Gasteiger partial charge on any atom is 0.278 e. The summed E-state index contributed by atoms with van der Waals surface area (Å²) in [4.78, 5) is 15.1. The number of nitrogens with zero attached hydrogens (tertiary/aromatic N) is 2. The molecule has 0 aromatic carbocycles. The van der Waals surface area contributed by atoms with Crippen molar-refractivity contribution in [2.24, 2.45) is 5.92 Å². The lowest BCUT2D eigenvalue weighted by molar-refractivity contribution is -0.386. The van der Waals surface area contributed by atoms with Crippen molar-refractivity contribution < 1.29 is 4.92 Å². The molecule has 1 saturated carbocycles. The van der Waals surface area contributed by atoms with Gasteiger partial charge in [-0.15, -0.1) is 0 Å². The highest BCUT2D eigenvalue weighted by atomic mass is 16.6. The lowest BCUT2D eigenvalue weighted by Crippen LogP contribution is -2.20. The first-order valence-corrected chi connectivity index (χ1v) is 7.89. The SMILES string of the molecule is Cc1cnc(CNCCC2CCCCC2)c(C)c1[N+](=O)[O-]. The van der Waals surface area contributed by atoms with Crippen molar-refractivity contribution in [1.29, 1.82) is 0 Å². The quantitative estimate of drug-likeness (QED) is 0.493. The molecule has 0 bridgehead atoms. The molecule has 1 heterocycles. The van der Waals surface area contributed by atoms with E-state index >= 15 is 0 Å². The van der Waals surface area contributed by atoms with Crippen LogP contribution in [0.2, 0.25) is 0 Å². The first kappa shape index (κ1) is 15.9. The van der Waals surface area contributed by atoms with E-state index in [1.54, 1.807) is 20.0 Å². The molecule has 21 heavy (non-hydrogen) atoms. The van der Waals surface area contributed by atoms with E-state index in [9.17, 15) is 10.1 Å². The lowest BCUT2D eigenvalue weighted by Gasteiger charge is -2.21. The summed E-state index contributed by atoms with van der Waals surface area (Å²) in [6, 6.07) is 0. The molecule has 0 amide bonds. The van der Waals surface area contributed by atoms with Crippen molar-refractivity contribution >= 4 is 5.69 Å². The molecule has 0 unspecified atom stereocenters. The van der Waals surface area contributed by atoms with Gasteiger partial charge in [-0.1, -0.05) is 32.1 Å². The van der Waals surface area contributed by atoms with E-state index in [4.69, 9.17) is 0 Å². The maximum absolute atomic E-state index is 11.1. The second-order valence-corrected chi connectivity index (χ2v) is 6.09. The molecule has 1 aliphatic carbocycles. The highest BCUT2D eigenvalue weighted by Gasteiger charge is 2.18. The average molecular weight is 291 g/mol. The number of nitro groups is 1. The van der Waals surface area contributed by atoms with Gasteiger partial charge in [-0.05, 0) is 32.7 Å². The van der Waals surface area contributed by atoms with Crippen molar-refractivity contribution in [2.45, 2.75) is 58.9 Å². The predicted octanol–water partition coefficient (Wildman–Crippen LogP) is 3.67. The fourth-order valence-corrected chi connectivity index (χ4v) is 3.21. The molecule has 1 aliphatic rings. The number of hydrogen-bond donors (Lipinski definition) is 1. The second-order valence-electron chi connectivity index (χ2n) is 6.09. The maximum atomic E-state index is 11.1. The third-order valence-corrected chi connectivity index (χ3v) is 4.50. The Morgan fingerprint density at radius 1 is 1.33 bits per heavy atom. The van der Waals surface area contributed by atoms with Crippen LogP contribution in [0.5, 0.6) is 0 Å². The molecule has 116 valence electrons. The number of hydrogen-bond acceptors (Lipinski definition) is 4. The van der Waals surface area contributed by atoms with E-state index in [1.807, 2.05) is 0 Å². The van der Waals surface area contributed by atoms with E-state index < -0.39 is 0 Å². The second kappa shape index (κ2) is 7.50. The van der Waals surface area contributed by atoms with Crippen molar-refractivity contribution in [1.82, 2.24) is 10.3 Å². The molecule has 5 heteroatoms. The zero-order valence-electron chi connectivity index (χ0n) is 13.0. The first-order valence-electron chi connectivity index (χ1n) is 7.89. The van der Waals surface area contributed by atoms with Gasteiger partial charge in [-0.2, -0.15) is 0 Å². The molecule has 1 aromatic heterocycles. The van der Waals surface area contributed by atoms with Crippen LogP contribution in [0.15, 0.2) is 6.20 Å². The van der Waals surface area contributed by atoms with Crippen molar-refractivity contribution in [3.63, 3.8) is 0 Å². The third kappa shape index (κ3) is 4.24. The number of nitrogens with one attached hydrogen (secondary N) is 1. The minimum atomic E-state index is -0.308.